The molecule has 1 aliphatic carbocycles. The molecule has 2 aliphatic rings. The van der Waals surface area contributed by atoms with Gasteiger partial charge in [0.15, 0.2) is 0 Å². The first-order chi connectivity index (χ1) is 9.43. The van der Waals surface area contributed by atoms with Crippen molar-refractivity contribution in [2.24, 2.45) is 0 Å². The third kappa shape index (κ3) is 4.42. The summed E-state index contributed by atoms with van der Waals surface area (Å²) in [7, 11) is 4.47. The van der Waals surface area contributed by atoms with Crippen LogP contribution in [0, 0.1) is 0 Å². The lowest BCUT2D eigenvalue weighted by atomic mass is 9.93. The molecule has 3 atom stereocenters. The van der Waals surface area contributed by atoms with E-state index in [1.54, 1.807) is 0 Å². The third-order valence-electron chi connectivity index (χ3n) is 5.15. The van der Waals surface area contributed by atoms with Crippen molar-refractivity contribution in [3.63, 3.8) is 0 Å². The van der Waals surface area contributed by atoms with Gasteiger partial charge in [0.1, 0.15) is 0 Å². The third-order valence-corrected chi connectivity index (χ3v) is 5.15. The van der Waals surface area contributed by atoms with Gasteiger partial charge in [-0.15, -0.1) is 0 Å². The van der Waals surface area contributed by atoms with Gasteiger partial charge in [-0.1, -0.05) is 0 Å². The molecular formula is C16H33N3O. The smallest absolute Gasteiger partial charge is 0.0611 e. The summed E-state index contributed by atoms with van der Waals surface area (Å²) in [6.45, 7) is 7.06. The van der Waals surface area contributed by atoms with Gasteiger partial charge >= 0.3 is 0 Å². The summed E-state index contributed by atoms with van der Waals surface area (Å²) in [5, 5.41) is 13.3. The minimum absolute atomic E-state index is 0.129. The van der Waals surface area contributed by atoms with Crippen molar-refractivity contribution in [2.75, 3.05) is 33.8 Å². The van der Waals surface area contributed by atoms with Gasteiger partial charge in [0.05, 0.1) is 6.61 Å². The molecule has 4 nitrogen and oxygen atoms in total. The van der Waals surface area contributed by atoms with Crippen molar-refractivity contribution in [3.05, 3.63) is 0 Å². The van der Waals surface area contributed by atoms with Crippen LogP contribution < -0.4 is 5.32 Å². The van der Waals surface area contributed by atoms with Crippen LogP contribution >= 0.6 is 0 Å². The molecule has 0 aromatic rings. The Morgan fingerprint density at radius 2 is 2.10 bits per heavy atom. The fourth-order valence-electron chi connectivity index (χ4n) is 3.42. The van der Waals surface area contributed by atoms with Gasteiger partial charge in [-0.3, -0.25) is 0 Å². The highest BCUT2D eigenvalue weighted by Crippen LogP contribution is 2.26. The van der Waals surface area contributed by atoms with Crippen LogP contribution in [0.5, 0.6) is 0 Å². The zero-order chi connectivity index (χ0) is 14.8. The number of rotatable bonds is 8. The number of likely N-dealkylation sites (N-methyl/N-ethyl adjacent to an activating group) is 2. The molecule has 4 heteroatoms. The van der Waals surface area contributed by atoms with Crippen LogP contribution in [0.25, 0.3) is 0 Å². The summed E-state index contributed by atoms with van der Waals surface area (Å²) in [4.78, 5) is 4.95. The molecule has 118 valence electrons. The average Bonchev–Trinajstić information content (AvgIpc) is 3.12. The van der Waals surface area contributed by atoms with Crippen molar-refractivity contribution in [2.45, 2.75) is 69.6 Å². The number of hydrogen-bond acceptors (Lipinski definition) is 4. The maximum Gasteiger partial charge on any atom is 0.0611 e. The molecule has 0 aromatic heterocycles. The maximum atomic E-state index is 9.73. The van der Waals surface area contributed by atoms with Crippen LogP contribution in [0.4, 0.5) is 0 Å². The van der Waals surface area contributed by atoms with Gasteiger partial charge < -0.3 is 20.2 Å². The van der Waals surface area contributed by atoms with Crippen LogP contribution in [0.2, 0.25) is 0 Å². The average molecular weight is 283 g/mol. The Hall–Kier alpha value is -0.160. The van der Waals surface area contributed by atoms with E-state index in [4.69, 9.17) is 0 Å². The van der Waals surface area contributed by atoms with Crippen LogP contribution in [-0.4, -0.2) is 72.4 Å². The summed E-state index contributed by atoms with van der Waals surface area (Å²) in [5.74, 6) is 0. The first-order valence-electron chi connectivity index (χ1n) is 8.22. The van der Waals surface area contributed by atoms with Crippen molar-refractivity contribution in [3.8, 4) is 0 Å². The quantitative estimate of drug-likeness (QED) is 0.704. The summed E-state index contributed by atoms with van der Waals surface area (Å²) in [5.41, 5.74) is -0.129. The van der Waals surface area contributed by atoms with E-state index in [1.807, 2.05) is 0 Å². The lowest BCUT2D eigenvalue weighted by molar-refractivity contribution is 0.112. The van der Waals surface area contributed by atoms with Gasteiger partial charge in [-0.05, 0) is 66.6 Å². The maximum absolute atomic E-state index is 9.73. The summed E-state index contributed by atoms with van der Waals surface area (Å²) in [6, 6.07) is 1.84. The fraction of sp³-hybridized carbons (Fsp3) is 1.00. The molecule has 1 saturated heterocycles. The molecule has 1 saturated carbocycles. The van der Waals surface area contributed by atoms with Crippen molar-refractivity contribution < 1.29 is 5.11 Å². The molecule has 0 aromatic carbocycles. The molecule has 1 heterocycles. The molecule has 0 bridgehead atoms. The number of likely N-dealkylation sites (tertiary alicyclic amines) is 1. The van der Waals surface area contributed by atoms with Crippen LogP contribution in [-0.2, 0) is 0 Å². The number of aliphatic hydroxyl groups is 1. The SMILES string of the molecule is CC(CC(C)(CO)NC1CC1)N(C)CC1CCCN1C. The second-order valence-electron chi connectivity index (χ2n) is 7.41. The van der Waals surface area contributed by atoms with Crippen LogP contribution in [0.3, 0.4) is 0 Å². The van der Waals surface area contributed by atoms with Gasteiger partial charge in [0.2, 0.25) is 0 Å². The van der Waals surface area contributed by atoms with E-state index in [1.165, 1.54) is 32.2 Å². The molecule has 2 N–H and O–H groups in total. The predicted octanol–water partition coefficient (Wildman–Crippen LogP) is 1.29. The second kappa shape index (κ2) is 6.73. The van der Waals surface area contributed by atoms with E-state index in [2.05, 4.69) is 43.1 Å². The van der Waals surface area contributed by atoms with Crippen LogP contribution in [0.1, 0.15) is 46.0 Å². The molecular weight excluding hydrogens is 250 g/mol. The van der Waals surface area contributed by atoms with Gasteiger partial charge in [0.25, 0.3) is 0 Å². The predicted molar refractivity (Wildman–Crippen MR) is 84.0 cm³/mol. The standard InChI is InChI=1S/C16H33N3O/c1-13(10-16(2,12-20)17-14-7-8-14)19(4)11-15-6-5-9-18(15)3/h13-15,17,20H,5-12H2,1-4H3. The van der Waals surface area contributed by atoms with E-state index < -0.39 is 0 Å². The zero-order valence-electron chi connectivity index (χ0n) is 13.7. The Morgan fingerprint density at radius 3 is 2.60 bits per heavy atom. The lowest BCUT2D eigenvalue weighted by Gasteiger charge is -2.37. The fourth-order valence-corrected chi connectivity index (χ4v) is 3.42. The first-order valence-corrected chi connectivity index (χ1v) is 8.22. The minimum Gasteiger partial charge on any atom is -0.394 e. The van der Waals surface area contributed by atoms with E-state index in [-0.39, 0.29) is 12.1 Å². The first kappa shape index (κ1) is 16.2. The second-order valence-corrected chi connectivity index (χ2v) is 7.41. The number of nitrogens with one attached hydrogen (secondary N) is 1. The van der Waals surface area contributed by atoms with Gasteiger partial charge in [0, 0.05) is 30.2 Å². The van der Waals surface area contributed by atoms with Crippen molar-refractivity contribution in [1.82, 2.24) is 15.1 Å². The Balaban J connectivity index is 1.80. The highest BCUT2D eigenvalue weighted by atomic mass is 16.3. The highest BCUT2D eigenvalue weighted by Gasteiger charge is 2.34. The molecule has 0 spiro atoms. The minimum atomic E-state index is -0.129. The molecule has 2 fully saturated rings. The largest absolute Gasteiger partial charge is 0.394 e. The number of hydrogen-bond donors (Lipinski definition) is 2. The van der Waals surface area contributed by atoms with E-state index in [0.717, 1.165) is 13.0 Å². The molecule has 2 rings (SSSR count). The molecule has 0 radical (unpaired) electrons. The number of nitrogens with zero attached hydrogens (tertiary/aromatic N) is 2. The van der Waals surface area contributed by atoms with Crippen LogP contribution in [0.15, 0.2) is 0 Å². The normalized spacial score (nSPS) is 28.8. The monoisotopic (exact) mass is 283 g/mol. The molecule has 3 unspecified atom stereocenters. The molecule has 1 aliphatic heterocycles. The summed E-state index contributed by atoms with van der Waals surface area (Å²) >= 11 is 0. The number of aliphatic hydroxyl groups excluding tert-OH is 1. The van der Waals surface area contributed by atoms with Gasteiger partial charge in [-0.25, -0.2) is 0 Å². The zero-order valence-corrected chi connectivity index (χ0v) is 13.7. The molecule has 20 heavy (non-hydrogen) atoms. The van der Waals surface area contributed by atoms with E-state index >= 15 is 0 Å². The van der Waals surface area contributed by atoms with Crippen molar-refractivity contribution in [1.29, 1.82) is 0 Å². The Morgan fingerprint density at radius 1 is 1.40 bits per heavy atom. The Bertz CT molecular complexity index is 308. The topological polar surface area (TPSA) is 38.7 Å². The van der Waals surface area contributed by atoms with Crippen molar-refractivity contribution >= 4 is 0 Å². The highest BCUT2D eigenvalue weighted by molar-refractivity contribution is 4.94. The van der Waals surface area contributed by atoms with E-state index in [0.29, 0.717) is 18.1 Å². The Kier molecular flexibility index (Phi) is 5.46. The summed E-state index contributed by atoms with van der Waals surface area (Å²) in [6.07, 6.45) is 6.21. The van der Waals surface area contributed by atoms with Gasteiger partial charge in [-0.2, -0.15) is 0 Å². The summed E-state index contributed by atoms with van der Waals surface area (Å²) < 4.78 is 0. The Labute approximate surface area is 124 Å². The molecule has 0 amide bonds. The lowest BCUT2D eigenvalue weighted by Crippen LogP contribution is -2.52. The van der Waals surface area contributed by atoms with E-state index in [9.17, 15) is 5.11 Å².